The number of hydrogen-bond donors (Lipinski definition) is 2. The van der Waals surface area contributed by atoms with Crippen LogP contribution in [0.1, 0.15) is 15.9 Å². The van der Waals surface area contributed by atoms with E-state index in [2.05, 4.69) is 26.2 Å². The number of rotatable bonds is 5. The standard InChI is InChI=1S/C15H12BrF2N3O2/c16-13-8(2-1-5-20-13)6-12(14(19)22)21-15(23)10-4-3-9(17)7-11(10)18/h1-5,7,12H,6H2,(H2,19,22)(H,21,23)/t12-/m0/s1. The first-order valence-electron chi connectivity index (χ1n) is 6.53. The summed E-state index contributed by atoms with van der Waals surface area (Å²) in [5.41, 5.74) is 5.56. The van der Waals surface area contributed by atoms with Crippen molar-refractivity contribution in [2.75, 3.05) is 0 Å². The van der Waals surface area contributed by atoms with E-state index in [1.807, 2.05) is 0 Å². The Balaban J connectivity index is 2.18. The maximum absolute atomic E-state index is 13.6. The number of carbonyl (C=O) groups is 2. The molecule has 1 heterocycles. The number of pyridine rings is 1. The molecular formula is C15H12BrF2N3O2. The van der Waals surface area contributed by atoms with Gasteiger partial charge in [-0.05, 0) is 39.7 Å². The van der Waals surface area contributed by atoms with Gasteiger partial charge in [0.15, 0.2) is 0 Å². The molecule has 0 saturated carbocycles. The monoisotopic (exact) mass is 383 g/mol. The molecule has 1 aromatic heterocycles. The molecule has 0 radical (unpaired) electrons. The van der Waals surface area contributed by atoms with Gasteiger partial charge in [-0.15, -0.1) is 0 Å². The first kappa shape index (κ1) is 17.0. The molecule has 8 heteroatoms. The number of benzene rings is 1. The van der Waals surface area contributed by atoms with Crippen molar-refractivity contribution in [1.82, 2.24) is 10.3 Å². The van der Waals surface area contributed by atoms with Crippen molar-refractivity contribution in [2.45, 2.75) is 12.5 Å². The summed E-state index contributed by atoms with van der Waals surface area (Å²) < 4.78 is 27.0. The van der Waals surface area contributed by atoms with Gasteiger partial charge < -0.3 is 11.1 Å². The van der Waals surface area contributed by atoms with Crippen molar-refractivity contribution in [3.05, 3.63) is 63.9 Å². The minimum absolute atomic E-state index is 0.0817. The van der Waals surface area contributed by atoms with Crippen molar-refractivity contribution in [3.63, 3.8) is 0 Å². The van der Waals surface area contributed by atoms with E-state index in [1.54, 1.807) is 18.3 Å². The van der Waals surface area contributed by atoms with E-state index in [1.165, 1.54) is 0 Å². The summed E-state index contributed by atoms with van der Waals surface area (Å²) in [6.45, 7) is 0. The van der Waals surface area contributed by atoms with Gasteiger partial charge in [0, 0.05) is 18.7 Å². The fraction of sp³-hybridized carbons (Fsp3) is 0.133. The zero-order chi connectivity index (χ0) is 17.0. The van der Waals surface area contributed by atoms with E-state index in [0.717, 1.165) is 12.1 Å². The Morgan fingerprint density at radius 1 is 1.30 bits per heavy atom. The van der Waals surface area contributed by atoms with Gasteiger partial charge in [-0.2, -0.15) is 0 Å². The van der Waals surface area contributed by atoms with Gasteiger partial charge in [0.05, 0.1) is 5.56 Å². The molecule has 0 bridgehead atoms. The smallest absolute Gasteiger partial charge is 0.254 e. The number of aromatic nitrogens is 1. The normalized spacial score (nSPS) is 11.8. The van der Waals surface area contributed by atoms with Crippen LogP contribution in [-0.4, -0.2) is 22.8 Å². The molecule has 0 aliphatic carbocycles. The van der Waals surface area contributed by atoms with Gasteiger partial charge in [0.1, 0.15) is 22.3 Å². The summed E-state index contributed by atoms with van der Waals surface area (Å²) in [6.07, 6.45) is 1.64. The Bertz CT molecular complexity index is 755. The van der Waals surface area contributed by atoms with Crippen LogP contribution in [-0.2, 0) is 11.2 Å². The number of primary amides is 1. The highest BCUT2D eigenvalue weighted by Gasteiger charge is 2.22. The van der Waals surface area contributed by atoms with Gasteiger partial charge in [-0.3, -0.25) is 9.59 Å². The maximum atomic E-state index is 13.6. The molecule has 120 valence electrons. The zero-order valence-corrected chi connectivity index (χ0v) is 13.3. The first-order valence-corrected chi connectivity index (χ1v) is 7.32. The van der Waals surface area contributed by atoms with E-state index in [-0.39, 0.29) is 12.0 Å². The second-order valence-corrected chi connectivity index (χ2v) is 5.46. The molecule has 0 unspecified atom stereocenters. The van der Waals surface area contributed by atoms with Crippen molar-refractivity contribution < 1.29 is 18.4 Å². The molecular weight excluding hydrogens is 372 g/mol. The molecule has 1 atom stereocenters. The van der Waals surface area contributed by atoms with E-state index in [4.69, 9.17) is 5.73 Å². The van der Waals surface area contributed by atoms with Crippen LogP contribution in [0.4, 0.5) is 8.78 Å². The summed E-state index contributed by atoms with van der Waals surface area (Å²) in [5.74, 6) is -3.46. The molecule has 0 fully saturated rings. The Labute approximate surface area is 139 Å². The van der Waals surface area contributed by atoms with E-state index >= 15 is 0 Å². The summed E-state index contributed by atoms with van der Waals surface area (Å²) in [4.78, 5) is 27.6. The van der Waals surface area contributed by atoms with Crippen molar-refractivity contribution in [2.24, 2.45) is 5.73 Å². The lowest BCUT2D eigenvalue weighted by Gasteiger charge is -2.16. The number of amides is 2. The van der Waals surface area contributed by atoms with Crippen LogP contribution < -0.4 is 11.1 Å². The molecule has 5 nitrogen and oxygen atoms in total. The average molecular weight is 384 g/mol. The lowest BCUT2D eigenvalue weighted by molar-refractivity contribution is -0.119. The molecule has 23 heavy (non-hydrogen) atoms. The Hall–Kier alpha value is -2.35. The fourth-order valence-corrected chi connectivity index (χ4v) is 2.34. The highest BCUT2D eigenvalue weighted by Crippen LogP contribution is 2.15. The van der Waals surface area contributed by atoms with Crippen molar-refractivity contribution >= 4 is 27.7 Å². The van der Waals surface area contributed by atoms with Crippen LogP contribution in [0.15, 0.2) is 41.1 Å². The van der Waals surface area contributed by atoms with Gasteiger partial charge in [-0.25, -0.2) is 13.8 Å². The molecule has 0 saturated heterocycles. The lowest BCUT2D eigenvalue weighted by atomic mass is 10.1. The van der Waals surface area contributed by atoms with Crippen LogP contribution >= 0.6 is 15.9 Å². The van der Waals surface area contributed by atoms with Gasteiger partial charge >= 0.3 is 0 Å². The average Bonchev–Trinajstić information content (AvgIpc) is 2.48. The topological polar surface area (TPSA) is 85.1 Å². The number of halogens is 3. The third-order valence-electron chi connectivity index (χ3n) is 3.08. The number of hydrogen-bond acceptors (Lipinski definition) is 3. The van der Waals surface area contributed by atoms with Crippen LogP contribution in [0.2, 0.25) is 0 Å². The predicted molar refractivity (Wildman–Crippen MR) is 82.4 cm³/mol. The minimum Gasteiger partial charge on any atom is -0.368 e. The molecule has 2 rings (SSSR count). The molecule has 1 aromatic carbocycles. The second-order valence-electron chi connectivity index (χ2n) is 4.71. The molecule has 2 amide bonds. The molecule has 0 aliphatic rings. The van der Waals surface area contributed by atoms with Crippen molar-refractivity contribution in [1.29, 1.82) is 0 Å². The van der Waals surface area contributed by atoms with Crippen LogP contribution in [0.5, 0.6) is 0 Å². The molecule has 3 N–H and O–H groups in total. The second kappa shape index (κ2) is 7.28. The lowest BCUT2D eigenvalue weighted by Crippen LogP contribution is -2.46. The number of nitrogens with one attached hydrogen (secondary N) is 1. The van der Waals surface area contributed by atoms with Crippen LogP contribution in [0, 0.1) is 11.6 Å². The predicted octanol–water partition coefficient (Wildman–Crippen LogP) is 1.95. The third-order valence-corrected chi connectivity index (χ3v) is 3.80. The summed E-state index contributed by atoms with van der Waals surface area (Å²) in [6, 6.07) is 4.85. The highest BCUT2D eigenvalue weighted by atomic mass is 79.9. The Kier molecular flexibility index (Phi) is 5.38. The summed E-state index contributed by atoms with van der Waals surface area (Å²) in [7, 11) is 0. The Morgan fingerprint density at radius 2 is 2.04 bits per heavy atom. The minimum atomic E-state index is -1.06. The number of carbonyl (C=O) groups excluding carboxylic acids is 2. The van der Waals surface area contributed by atoms with E-state index in [0.29, 0.717) is 16.2 Å². The van der Waals surface area contributed by atoms with E-state index in [9.17, 15) is 18.4 Å². The maximum Gasteiger partial charge on any atom is 0.254 e. The molecule has 0 aliphatic heterocycles. The molecule has 0 spiro atoms. The SMILES string of the molecule is NC(=O)[C@H](Cc1cccnc1Br)NC(=O)c1ccc(F)cc1F. The van der Waals surface area contributed by atoms with Gasteiger partial charge in [0.2, 0.25) is 5.91 Å². The fourth-order valence-electron chi connectivity index (χ4n) is 1.92. The third kappa shape index (κ3) is 4.32. The first-order chi connectivity index (χ1) is 10.9. The van der Waals surface area contributed by atoms with E-state index < -0.39 is 29.5 Å². The molecule has 2 aromatic rings. The number of nitrogens with zero attached hydrogens (tertiary/aromatic N) is 1. The van der Waals surface area contributed by atoms with Crippen LogP contribution in [0.25, 0.3) is 0 Å². The quantitative estimate of drug-likeness (QED) is 0.773. The van der Waals surface area contributed by atoms with Gasteiger partial charge in [0.25, 0.3) is 5.91 Å². The zero-order valence-electron chi connectivity index (χ0n) is 11.7. The largest absolute Gasteiger partial charge is 0.368 e. The number of nitrogens with two attached hydrogens (primary N) is 1. The summed E-state index contributed by atoms with van der Waals surface area (Å²) in [5, 5.41) is 2.34. The van der Waals surface area contributed by atoms with Crippen molar-refractivity contribution in [3.8, 4) is 0 Å². The summed E-state index contributed by atoms with van der Waals surface area (Å²) >= 11 is 3.23. The Morgan fingerprint density at radius 3 is 2.65 bits per heavy atom. The van der Waals surface area contributed by atoms with Gasteiger partial charge in [-0.1, -0.05) is 6.07 Å². The highest BCUT2D eigenvalue weighted by molar-refractivity contribution is 9.10. The van der Waals surface area contributed by atoms with Crippen LogP contribution in [0.3, 0.4) is 0 Å².